The van der Waals surface area contributed by atoms with Gasteiger partial charge in [0.15, 0.2) is 11.4 Å². The van der Waals surface area contributed by atoms with Crippen molar-refractivity contribution in [2.45, 2.75) is 6.18 Å². The summed E-state index contributed by atoms with van der Waals surface area (Å²) >= 11 is 0.536. The molecule has 0 saturated carbocycles. The van der Waals surface area contributed by atoms with Gasteiger partial charge >= 0.3 is 6.18 Å². The number of rotatable bonds is 6. The highest BCUT2D eigenvalue weighted by Crippen LogP contribution is 2.33. The van der Waals surface area contributed by atoms with E-state index in [2.05, 4.69) is 14.7 Å². The molecular formula is C17H15F3N4O2S. The highest BCUT2D eigenvalue weighted by atomic mass is 32.2. The van der Waals surface area contributed by atoms with Gasteiger partial charge in [-0.3, -0.25) is 5.14 Å². The van der Waals surface area contributed by atoms with Crippen molar-refractivity contribution in [3.8, 4) is 22.7 Å². The summed E-state index contributed by atoms with van der Waals surface area (Å²) < 4.78 is 45.4. The molecule has 0 unspecified atom stereocenters. The molecule has 0 radical (unpaired) electrons. The lowest BCUT2D eigenvalue weighted by Gasteiger charge is -2.09. The zero-order chi connectivity index (χ0) is 19.4. The van der Waals surface area contributed by atoms with E-state index in [0.717, 1.165) is 11.8 Å². The molecule has 1 aromatic heterocycles. The van der Waals surface area contributed by atoms with Gasteiger partial charge in [0.1, 0.15) is 12.2 Å². The lowest BCUT2D eigenvalue weighted by Crippen LogP contribution is -2.07. The summed E-state index contributed by atoms with van der Waals surface area (Å²) in [5.41, 5.74) is 1.22. The molecule has 0 aliphatic carbocycles. The van der Waals surface area contributed by atoms with Gasteiger partial charge < -0.3 is 10.2 Å². The van der Waals surface area contributed by atoms with Crippen molar-refractivity contribution in [2.75, 3.05) is 12.4 Å². The molecule has 0 bridgehead atoms. The highest BCUT2D eigenvalue weighted by molar-refractivity contribution is 7.92. The van der Waals surface area contributed by atoms with Gasteiger partial charge in [-0.05, 0) is 42.5 Å². The second kappa shape index (κ2) is 7.91. The largest absolute Gasteiger partial charge is 0.435 e. The topological polar surface area (TPSA) is 74.3 Å². The van der Waals surface area contributed by atoms with E-state index in [4.69, 9.17) is 10.0 Å². The molecule has 0 spiro atoms. The second-order valence-corrected chi connectivity index (χ2v) is 5.72. The van der Waals surface area contributed by atoms with Crippen LogP contribution in [0.5, 0.6) is 5.75 Å². The third-order valence-corrected chi connectivity index (χ3v) is 3.87. The first-order chi connectivity index (χ1) is 12.9. The van der Waals surface area contributed by atoms with Gasteiger partial charge in [-0.15, -0.1) is 0 Å². The molecule has 3 N–H and O–H groups in total. The molecule has 1 heterocycles. The molecular weight excluding hydrogens is 381 g/mol. The van der Waals surface area contributed by atoms with Crippen molar-refractivity contribution in [1.82, 2.24) is 9.78 Å². The maximum absolute atomic E-state index is 13.2. The average Bonchev–Trinajstić information content (AvgIpc) is 3.13. The van der Waals surface area contributed by atoms with E-state index in [1.54, 1.807) is 43.4 Å². The van der Waals surface area contributed by atoms with Gasteiger partial charge in [0.2, 0.25) is 0 Å². The number of aromatic nitrogens is 2. The molecule has 3 aromatic rings. The van der Waals surface area contributed by atoms with E-state index in [9.17, 15) is 13.2 Å². The minimum atomic E-state index is -4.56. The van der Waals surface area contributed by atoms with Gasteiger partial charge in [-0.1, -0.05) is 16.5 Å². The van der Waals surface area contributed by atoms with Crippen LogP contribution in [0.25, 0.3) is 16.9 Å². The molecule has 0 saturated heterocycles. The van der Waals surface area contributed by atoms with Gasteiger partial charge in [0.05, 0.1) is 11.4 Å². The van der Waals surface area contributed by atoms with E-state index in [-0.39, 0.29) is 0 Å². The maximum atomic E-state index is 13.2. The van der Waals surface area contributed by atoms with E-state index in [0.29, 0.717) is 34.9 Å². The SMILES string of the molecule is CNc1ccc(-c2cc(C(F)(F)F)nn2-c2ccc(OOSN)cc2)cc1. The Morgan fingerprint density at radius 2 is 1.74 bits per heavy atom. The Kier molecular flexibility index (Phi) is 5.59. The fourth-order valence-electron chi connectivity index (χ4n) is 2.43. The van der Waals surface area contributed by atoms with Crippen LogP contribution >= 0.6 is 12.2 Å². The van der Waals surface area contributed by atoms with Crippen molar-refractivity contribution < 1.29 is 22.4 Å². The Balaban J connectivity index is 2.03. The highest BCUT2D eigenvalue weighted by Gasteiger charge is 2.35. The normalized spacial score (nSPS) is 11.4. The third kappa shape index (κ3) is 4.35. The van der Waals surface area contributed by atoms with Gasteiger partial charge in [0.25, 0.3) is 0 Å². The molecule has 10 heteroatoms. The summed E-state index contributed by atoms with van der Waals surface area (Å²) in [6.45, 7) is 0. The van der Waals surface area contributed by atoms with Crippen LogP contribution < -0.4 is 15.3 Å². The summed E-state index contributed by atoms with van der Waals surface area (Å²) in [4.78, 5) is 4.87. The summed E-state index contributed by atoms with van der Waals surface area (Å²) in [5.74, 6) is 0.347. The average molecular weight is 396 g/mol. The first kappa shape index (κ1) is 19.1. The van der Waals surface area contributed by atoms with Crippen LogP contribution in [0.2, 0.25) is 0 Å². The molecule has 0 amide bonds. The minimum absolute atomic E-state index is 0.312. The molecule has 0 atom stereocenters. The zero-order valence-corrected chi connectivity index (χ0v) is 14.8. The number of alkyl halides is 3. The van der Waals surface area contributed by atoms with Crippen LogP contribution in [0.1, 0.15) is 5.69 Å². The summed E-state index contributed by atoms with van der Waals surface area (Å²) in [5, 5.41) is 11.8. The fraction of sp³-hybridized carbons (Fsp3) is 0.118. The number of benzene rings is 2. The van der Waals surface area contributed by atoms with E-state index < -0.39 is 11.9 Å². The lowest BCUT2D eigenvalue weighted by atomic mass is 10.1. The first-order valence-electron chi connectivity index (χ1n) is 7.68. The van der Waals surface area contributed by atoms with Crippen LogP contribution in [0.3, 0.4) is 0 Å². The number of halogens is 3. The van der Waals surface area contributed by atoms with Crippen LogP contribution in [0.15, 0.2) is 54.6 Å². The van der Waals surface area contributed by atoms with Crippen molar-refractivity contribution in [1.29, 1.82) is 0 Å². The van der Waals surface area contributed by atoms with Gasteiger partial charge in [-0.25, -0.2) is 4.68 Å². The smallest absolute Gasteiger partial charge is 0.388 e. The Morgan fingerprint density at radius 1 is 1.07 bits per heavy atom. The molecule has 3 rings (SSSR count). The molecule has 6 nitrogen and oxygen atoms in total. The van der Waals surface area contributed by atoms with Crippen LogP contribution in [-0.4, -0.2) is 16.8 Å². The van der Waals surface area contributed by atoms with Crippen molar-refractivity contribution in [3.63, 3.8) is 0 Å². The Hall–Kier alpha value is -2.69. The molecule has 0 aliphatic heterocycles. The Morgan fingerprint density at radius 3 is 2.30 bits per heavy atom. The number of nitrogens with zero attached hydrogens (tertiary/aromatic N) is 2. The summed E-state index contributed by atoms with van der Waals surface area (Å²) in [6.07, 6.45) is -4.56. The molecule has 0 fully saturated rings. The predicted octanol–water partition coefficient (Wildman–Crippen LogP) is 4.43. The maximum Gasteiger partial charge on any atom is 0.435 e. The van der Waals surface area contributed by atoms with Crippen molar-refractivity contribution >= 4 is 17.9 Å². The van der Waals surface area contributed by atoms with Crippen LogP contribution in [-0.2, 0) is 10.5 Å². The van der Waals surface area contributed by atoms with E-state index in [1.807, 2.05) is 0 Å². The molecule has 142 valence electrons. The van der Waals surface area contributed by atoms with Gasteiger partial charge in [-0.2, -0.15) is 18.3 Å². The number of nitrogens with one attached hydrogen (secondary N) is 1. The lowest BCUT2D eigenvalue weighted by molar-refractivity contribution is -0.141. The molecule has 2 aromatic carbocycles. The number of nitrogens with two attached hydrogens (primary N) is 1. The molecule has 0 aliphatic rings. The van der Waals surface area contributed by atoms with E-state index >= 15 is 0 Å². The standard InChI is InChI=1S/C17H15F3N4O2S/c1-22-12-4-2-11(3-5-12)15-10-16(17(18,19)20)23-24(15)13-6-8-14(9-7-13)25-26-27-21/h2-10,22H,21H2,1H3. The number of hydrogen-bond donors (Lipinski definition) is 2. The second-order valence-electron chi connectivity index (χ2n) is 5.39. The quantitative estimate of drug-likeness (QED) is 0.278. The Bertz CT molecular complexity index is 896. The fourth-order valence-corrected chi connectivity index (χ4v) is 2.55. The third-order valence-electron chi connectivity index (χ3n) is 3.72. The van der Waals surface area contributed by atoms with Gasteiger partial charge in [0, 0.05) is 18.3 Å². The summed E-state index contributed by atoms with van der Waals surface area (Å²) in [7, 11) is 1.76. The Labute approximate surface area is 157 Å². The number of hydrogen-bond acceptors (Lipinski definition) is 6. The zero-order valence-electron chi connectivity index (χ0n) is 14.0. The first-order valence-corrected chi connectivity index (χ1v) is 8.49. The molecule has 27 heavy (non-hydrogen) atoms. The number of anilines is 1. The van der Waals surface area contributed by atoms with Crippen molar-refractivity contribution in [2.24, 2.45) is 5.14 Å². The minimum Gasteiger partial charge on any atom is -0.388 e. The predicted molar refractivity (Wildman–Crippen MR) is 97.0 cm³/mol. The van der Waals surface area contributed by atoms with Crippen LogP contribution in [0.4, 0.5) is 18.9 Å². The van der Waals surface area contributed by atoms with Crippen molar-refractivity contribution in [3.05, 3.63) is 60.3 Å². The summed E-state index contributed by atoms with van der Waals surface area (Å²) in [6, 6.07) is 14.2. The monoisotopic (exact) mass is 396 g/mol. The van der Waals surface area contributed by atoms with Crippen LogP contribution in [0, 0.1) is 0 Å². The van der Waals surface area contributed by atoms with E-state index in [1.165, 1.54) is 16.8 Å².